The molecule has 0 spiro atoms. The molecule has 1 aliphatic heterocycles. The highest BCUT2D eigenvalue weighted by Gasteiger charge is 2.42. The Kier molecular flexibility index (Phi) is 4.85. The van der Waals surface area contributed by atoms with Crippen LogP contribution in [0.1, 0.15) is 38.4 Å². The van der Waals surface area contributed by atoms with E-state index in [9.17, 15) is 9.59 Å². The van der Waals surface area contributed by atoms with Crippen LogP contribution < -0.4 is 11.1 Å². The first-order chi connectivity index (χ1) is 14.2. The first-order valence-electron chi connectivity index (χ1n) is 9.55. The van der Waals surface area contributed by atoms with Crippen LogP contribution in [-0.4, -0.2) is 38.2 Å². The van der Waals surface area contributed by atoms with E-state index in [4.69, 9.17) is 22.1 Å². The molecule has 1 aliphatic rings. The second kappa shape index (κ2) is 7.24. The molecule has 1 aromatic carbocycles. The molecule has 30 heavy (non-hydrogen) atoms. The first-order valence-corrected chi connectivity index (χ1v) is 9.92. The van der Waals surface area contributed by atoms with Crippen LogP contribution >= 0.6 is 11.6 Å². The summed E-state index contributed by atoms with van der Waals surface area (Å²) < 4.78 is 6.55. The van der Waals surface area contributed by atoms with Gasteiger partial charge in [0.1, 0.15) is 11.6 Å². The van der Waals surface area contributed by atoms with Gasteiger partial charge in [-0.05, 0) is 39.0 Å². The van der Waals surface area contributed by atoms with Crippen molar-refractivity contribution in [3.63, 3.8) is 0 Å². The van der Waals surface area contributed by atoms with E-state index in [1.807, 2.05) is 0 Å². The van der Waals surface area contributed by atoms with Gasteiger partial charge in [-0.15, -0.1) is 0 Å². The Morgan fingerprint density at radius 3 is 2.83 bits per heavy atom. The second-order valence-electron chi connectivity index (χ2n) is 7.54. The van der Waals surface area contributed by atoms with Gasteiger partial charge in [0.05, 0.1) is 35.2 Å². The molecule has 0 saturated heterocycles. The number of esters is 1. The van der Waals surface area contributed by atoms with Gasteiger partial charge >= 0.3 is 5.97 Å². The summed E-state index contributed by atoms with van der Waals surface area (Å²) in [6.45, 7) is 5.63. The van der Waals surface area contributed by atoms with Gasteiger partial charge in [0.2, 0.25) is 5.91 Å². The maximum atomic E-state index is 12.3. The number of aromatic nitrogens is 4. The molecule has 156 valence electrons. The number of anilines is 2. The summed E-state index contributed by atoms with van der Waals surface area (Å²) in [5.74, 6) is 0.314. The topological polar surface area (TPSA) is 125 Å². The third-order valence-electron chi connectivity index (χ3n) is 5.13. The van der Waals surface area contributed by atoms with E-state index in [-0.39, 0.29) is 30.1 Å². The lowest BCUT2D eigenvalue weighted by Gasteiger charge is -2.16. The number of nitrogens with one attached hydrogen (secondary N) is 1. The minimum absolute atomic E-state index is 0.184. The lowest BCUT2D eigenvalue weighted by atomic mass is 9.87. The van der Waals surface area contributed by atoms with E-state index in [0.29, 0.717) is 40.6 Å². The molecule has 1 amide bonds. The fourth-order valence-electron chi connectivity index (χ4n) is 3.59. The van der Waals surface area contributed by atoms with Gasteiger partial charge in [0.25, 0.3) is 5.95 Å². The number of aryl methyl sites for hydroxylation is 1. The Morgan fingerprint density at radius 2 is 2.10 bits per heavy atom. The Hall–Kier alpha value is -3.20. The van der Waals surface area contributed by atoms with E-state index in [0.717, 1.165) is 5.39 Å². The summed E-state index contributed by atoms with van der Waals surface area (Å²) in [6.07, 6.45) is 0.552. The summed E-state index contributed by atoms with van der Waals surface area (Å²) in [4.78, 5) is 33.0. The zero-order valence-electron chi connectivity index (χ0n) is 16.8. The maximum Gasteiger partial charge on any atom is 0.306 e. The van der Waals surface area contributed by atoms with E-state index < -0.39 is 5.41 Å². The van der Waals surface area contributed by atoms with Crippen LogP contribution in [0.15, 0.2) is 18.2 Å². The largest absolute Gasteiger partial charge is 0.466 e. The van der Waals surface area contributed by atoms with Crippen molar-refractivity contribution in [3.8, 4) is 5.95 Å². The molecule has 0 fully saturated rings. The van der Waals surface area contributed by atoms with Crippen LogP contribution in [0.4, 0.5) is 11.6 Å². The van der Waals surface area contributed by atoms with Gasteiger partial charge in [0.15, 0.2) is 0 Å². The van der Waals surface area contributed by atoms with Gasteiger partial charge in [-0.2, -0.15) is 19.7 Å². The Morgan fingerprint density at radius 1 is 1.33 bits per heavy atom. The molecule has 0 aliphatic carbocycles. The highest BCUT2D eigenvalue weighted by atomic mass is 35.5. The van der Waals surface area contributed by atoms with Crippen LogP contribution in [0.25, 0.3) is 16.9 Å². The van der Waals surface area contributed by atoms with Crippen LogP contribution in [-0.2, 0) is 26.2 Å². The lowest BCUT2D eigenvalue weighted by molar-refractivity contribution is -0.143. The number of halogens is 1. The molecule has 0 atom stereocenters. The van der Waals surface area contributed by atoms with Crippen molar-refractivity contribution in [1.29, 1.82) is 0 Å². The minimum Gasteiger partial charge on any atom is -0.466 e. The number of hydrogen-bond donors (Lipinski definition) is 2. The molecular formula is C20H21ClN6O3. The van der Waals surface area contributed by atoms with Crippen LogP contribution in [0, 0.1) is 0 Å². The number of carbonyl (C=O) groups excluding carboxylic acids is 2. The number of nitrogens with two attached hydrogens (primary N) is 1. The number of nitrogen functional groups attached to an aromatic ring is 1. The molecule has 0 saturated carbocycles. The quantitative estimate of drug-likeness (QED) is 0.598. The third kappa shape index (κ3) is 3.24. The van der Waals surface area contributed by atoms with Gasteiger partial charge in [0, 0.05) is 16.8 Å². The fraction of sp³-hybridized carbons (Fsp3) is 0.350. The fourth-order valence-corrected chi connectivity index (χ4v) is 3.76. The van der Waals surface area contributed by atoms with E-state index in [2.05, 4.69) is 20.4 Å². The number of hydrogen-bond acceptors (Lipinski definition) is 7. The van der Waals surface area contributed by atoms with Crippen molar-refractivity contribution < 1.29 is 14.3 Å². The molecule has 3 N–H and O–H groups in total. The van der Waals surface area contributed by atoms with Crippen molar-refractivity contribution in [2.45, 2.75) is 39.0 Å². The zero-order chi connectivity index (χ0) is 21.6. The van der Waals surface area contributed by atoms with Crippen molar-refractivity contribution in [1.82, 2.24) is 19.7 Å². The lowest BCUT2D eigenvalue weighted by Crippen LogP contribution is -2.27. The number of nitrogens with zero attached hydrogens (tertiary/aromatic N) is 4. The van der Waals surface area contributed by atoms with Crippen molar-refractivity contribution >= 4 is 46.0 Å². The highest BCUT2D eigenvalue weighted by Crippen LogP contribution is 2.39. The highest BCUT2D eigenvalue weighted by molar-refractivity contribution is 6.31. The number of benzene rings is 1. The predicted octanol–water partition coefficient (Wildman–Crippen LogP) is 2.78. The molecule has 4 rings (SSSR count). The molecule has 2 aromatic heterocycles. The molecular weight excluding hydrogens is 408 g/mol. The number of amides is 1. The van der Waals surface area contributed by atoms with Gasteiger partial charge in [-0.25, -0.2) is 0 Å². The second-order valence-corrected chi connectivity index (χ2v) is 7.97. The smallest absolute Gasteiger partial charge is 0.306 e. The standard InChI is InChI=1S/C20H21ClN6O3/c1-4-30-14(28)8-6-12-11-9-10(21)5-7-13(11)27(26-12)19-23-16(22)15-17(25-19)24-18(29)20(15,2)3/h5,7,9H,4,6,8H2,1-3H3,(H3,22,23,24,25,29). The normalized spacial score (nSPS) is 14.6. The van der Waals surface area contributed by atoms with Crippen molar-refractivity contribution in [2.24, 2.45) is 0 Å². The molecule has 0 unspecified atom stereocenters. The third-order valence-corrected chi connectivity index (χ3v) is 5.36. The molecule has 0 bridgehead atoms. The van der Waals surface area contributed by atoms with E-state index in [1.165, 1.54) is 0 Å². The van der Waals surface area contributed by atoms with Crippen molar-refractivity contribution in [2.75, 3.05) is 17.7 Å². The Labute approximate surface area is 177 Å². The van der Waals surface area contributed by atoms with Crippen molar-refractivity contribution in [3.05, 3.63) is 34.5 Å². The van der Waals surface area contributed by atoms with Gasteiger partial charge in [-0.1, -0.05) is 11.6 Å². The monoisotopic (exact) mass is 428 g/mol. The molecule has 10 heteroatoms. The summed E-state index contributed by atoms with van der Waals surface area (Å²) in [7, 11) is 0. The molecule has 9 nitrogen and oxygen atoms in total. The first kappa shape index (κ1) is 20.1. The number of carbonyl (C=O) groups is 2. The minimum atomic E-state index is -0.817. The molecule has 3 heterocycles. The number of rotatable bonds is 5. The molecule has 0 radical (unpaired) electrons. The predicted molar refractivity (Wildman–Crippen MR) is 113 cm³/mol. The average Bonchev–Trinajstić information content (AvgIpc) is 3.14. The van der Waals surface area contributed by atoms with E-state index in [1.54, 1.807) is 43.7 Å². The van der Waals surface area contributed by atoms with E-state index >= 15 is 0 Å². The summed E-state index contributed by atoms with van der Waals surface area (Å²) >= 11 is 6.18. The van der Waals surface area contributed by atoms with Gasteiger partial charge in [-0.3, -0.25) is 9.59 Å². The SMILES string of the molecule is CCOC(=O)CCc1nn(-c2nc(N)c3c(n2)NC(=O)C3(C)C)c2ccc(Cl)cc12. The number of fused-ring (bicyclic) bond motifs is 2. The van der Waals surface area contributed by atoms with Crippen LogP contribution in [0.3, 0.4) is 0 Å². The summed E-state index contributed by atoms with van der Waals surface area (Å²) in [5, 5.41) is 8.70. The Bertz CT molecular complexity index is 1190. The van der Waals surface area contributed by atoms with Crippen LogP contribution in [0.2, 0.25) is 5.02 Å². The van der Waals surface area contributed by atoms with Gasteiger partial charge < -0.3 is 15.8 Å². The maximum absolute atomic E-state index is 12.3. The zero-order valence-corrected chi connectivity index (χ0v) is 17.6. The average molecular weight is 429 g/mol. The Balaban J connectivity index is 1.81. The van der Waals surface area contributed by atoms with Crippen LogP contribution in [0.5, 0.6) is 0 Å². The summed E-state index contributed by atoms with van der Waals surface area (Å²) in [6, 6.07) is 5.31. The number of ether oxygens (including phenoxy) is 1. The summed E-state index contributed by atoms with van der Waals surface area (Å²) in [5.41, 5.74) is 7.31. The molecule has 3 aromatic rings.